The third-order valence-corrected chi connectivity index (χ3v) is 2.79. The van der Waals surface area contributed by atoms with Gasteiger partial charge in [-0.25, -0.2) is 9.18 Å². The van der Waals surface area contributed by atoms with Gasteiger partial charge in [-0.3, -0.25) is 0 Å². The van der Waals surface area contributed by atoms with Crippen molar-refractivity contribution in [3.8, 4) is 5.75 Å². The van der Waals surface area contributed by atoms with Crippen molar-refractivity contribution in [2.75, 3.05) is 13.1 Å². The summed E-state index contributed by atoms with van der Waals surface area (Å²) in [5, 5.41) is 0.0477. The molecule has 1 heterocycles. The van der Waals surface area contributed by atoms with Gasteiger partial charge in [0.2, 0.25) is 0 Å². The van der Waals surface area contributed by atoms with Crippen LogP contribution in [0.25, 0.3) is 0 Å². The highest BCUT2D eigenvalue weighted by Gasteiger charge is 2.26. The van der Waals surface area contributed by atoms with E-state index in [9.17, 15) is 9.18 Å². The molecule has 91 valence electrons. The summed E-state index contributed by atoms with van der Waals surface area (Å²) in [6.45, 7) is 0.815. The molecule has 4 nitrogen and oxygen atoms in total. The van der Waals surface area contributed by atoms with Crippen LogP contribution < -0.4 is 10.5 Å². The van der Waals surface area contributed by atoms with Gasteiger partial charge in [-0.2, -0.15) is 0 Å². The number of urea groups is 1. The van der Waals surface area contributed by atoms with Crippen LogP contribution in [0.4, 0.5) is 9.18 Å². The fourth-order valence-corrected chi connectivity index (χ4v) is 1.72. The van der Waals surface area contributed by atoms with Crippen molar-refractivity contribution < 1.29 is 13.9 Å². The smallest absolute Gasteiger partial charge is 0.314 e. The lowest BCUT2D eigenvalue weighted by Gasteiger charge is -2.15. The quantitative estimate of drug-likeness (QED) is 0.879. The van der Waals surface area contributed by atoms with E-state index in [1.165, 1.54) is 17.0 Å². The Hall–Kier alpha value is -1.49. The van der Waals surface area contributed by atoms with Gasteiger partial charge in [0.05, 0.1) is 11.6 Å². The summed E-state index contributed by atoms with van der Waals surface area (Å²) < 4.78 is 18.6. The number of nitrogens with zero attached hydrogens (tertiary/aromatic N) is 1. The summed E-state index contributed by atoms with van der Waals surface area (Å²) in [4.78, 5) is 12.3. The molecule has 0 spiro atoms. The number of likely N-dealkylation sites (tertiary alicyclic amines) is 1. The summed E-state index contributed by atoms with van der Waals surface area (Å²) in [6, 6.07) is 3.72. The highest BCUT2D eigenvalue weighted by molar-refractivity contribution is 6.30. The van der Waals surface area contributed by atoms with Crippen LogP contribution in [0.2, 0.25) is 5.02 Å². The Balaban J connectivity index is 1.98. The van der Waals surface area contributed by atoms with E-state index in [1.54, 1.807) is 12.5 Å². The highest BCUT2D eigenvalue weighted by Crippen LogP contribution is 2.23. The van der Waals surface area contributed by atoms with Crippen molar-refractivity contribution in [2.45, 2.75) is 6.10 Å². The van der Waals surface area contributed by atoms with Crippen LogP contribution in [-0.2, 0) is 0 Å². The average Bonchev–Trinajstić information content (AvgIpc) is 2.72. The molecule has 0 aromatic heterocycles. The van der Waals surface area contributed by atoms with E-state index in [-0.39, 0.29) is 11.1 Å². The first-order chi connectivity index (χ1) is 8.06. The van der Waals surface area contributed by atoms with Crippen LogP contribution >= 0.6 is 11.6 Å². The van der Waals surface area contributed by atoms with Crippen molar-refractivity contribution in [3.63, 3.8) is 0 Å². The van der Waals surface area contributed by atoms with E-state index >= 15 is 0 Å². The maximum Gasteiger partial charge on any atom is 0.314 e. The summed E-state index contributed by atoms with van der Waals surface area (Å²) in [5.74, 6) is -0.159. The Morgan fingerprint density at radius 1 is 1.59 bits per heavy atom. The third kappa shape index (κ3) is 2.79. The lowest BCUT2D eigenvalue weighted by atomic mass is 10.3. The number of carbonyl (C=O) groups is 1. The Morgan fingerprint density at radius 3 is 2.94 bits per heavy atom. The molecule has 1 unspecified atom stereocenters. The molecule has 17 heavy (non-hydrogen) atoms. The summed E-state index contributed by atoms with van der Waals surface area (Å²) in [5.41, 5.74) is 5.13. The molecule has 1 aliphatic heterocycles. The van der Waals surface area contributed by atoms with Gasteiger partial charge in [0.25, 0.3) is 0 Å². The fourth-order valence-electron chi connectivity index (χ4n) is 1.60. The van der Waals surface area contributed by atoms with Gasteiger partial charge in [0.15, 0.2) is 0 Å². The minimum absolute atomic E-state index is 0.0477. The van der Waals surface area contributed by atoms with Gasteiger partial charge in [-0.05, 0) is 12.1 Å². The van der Waals surface area contributed by atoms with E-state index in [0.717, 1.165) is 0 Å². The molecule has 2 amide bonds. The number of amides is 2. The maximum atomic E-state index is 13.2. The molecule has 1 saturated heterocycles. The van der Waals surface area contributed by atoms with Crippen LogP contribution in [0.5, 0.6) is 5.75 Å². The molecule has 2 N–H and O–H groups in total. The molecule has 1 fully saturated rings. The third-order valence-electron chi connectivity index (χ3n) is 2.48. The Kier molecular flexibility index (Phi) is 3.38. The average molecular weight is 258 g/mol. The molecule has 0 aliphatic carbocycles. The monoisotopic (exact) mass is 257 g/mol. The van der Waals surface area contributed by atoms with Crippen LogP contribution in [0.15, 0.2) is 18.2 Å². The van der Waals surface area contributed by atoms with E-state index in [0.29, 0.717) is 18.8 Å². The fraction of sp³-hybridized carbons (Fsp3) is 0.273. The van der Waals surface area contributed by atoms with Crippen molar-refractivity contribution in [2.24, 2.45) is 5.73 Å². The number of rotatable bonds is 2. The number of hydrogen-bond acceptors (Lipinski definition) is 2. The largest absolute Gasteiger partial charge is 0.488 e. The molecule has 1 aliphatic rings. The molecule has 1 radical (unpaired) electrons. The van der Waals surface area contributed by atoms with Gasteiger partial charge in [0, 0.05) is 19.0 Å². The first-order valence-corrected chi connectivity index (χ1v) is 5.43. The number of halogens is 2. The second-order valence-electron chi connectivity index (χ2n) is 3.71. The second-order valence-corrected chi connectivity index (χ2v) is 4.12. The van der Waals surface area contributed by atoms with Crippen molar-refractivity contribution in [3.05, 3.63) is 35.5 Å². The van der Waals surface area contributed by atoms with Crippen LogP contribution in [0.3, 0.4) is 0 Å². The molecular formula is C11H11ClFN2O2. The van der Waals surface area contributed by atoms with Crippen molar-refractivity contribution in [1.82, 2.24) is 4.90 Å². The normalized spacial score (nSPS) is 19.4. The first kappa shape index (κ1) is 12.0. The minimum atomic E-state index is -0.533. The molecule has 6 heteroatoms. The first-order valence-electron chi connectivity index (χ1n) is 5.05. The number of benzene rings is 1. The van der Waals surface area contributed by atoms with Gasteiger partial charge in [0.1, 0.15) is 17.7 Å². The Morgan fingerprint density at radius 2 is 2.35 bits per heavy atom. The number of primary amides is 1. The predicted octanol–water partition coefficient (Wildman–Crippen LogP) is 1.83. The molecule has 0 saturated carbocycles. The Bertz CT molecular complexity index is 441. The maximum absolute atomic E-state index is 13.2. The van der Waals surface area contributed by atoms with E-state index in [2.05, 4.69) is 0 Å². The lowest BCUT2D eigenvalue weighted by Crippen LogP contribution is -2.35. The van der Waals surface area contributed by atoms with E-state index in [4.69, 9.17) is 22.1 Å². The predicted molar refractivity (Wildman–Crippen MR) is 61.3 cm³/mol. The van der Waals surface area contributed by atoms with E-state index in [1.807, 2.05) is 0 Å². The number of carbonyl (C=O) groups excluding carboxylic acids is 1. The van der Waals surface area contributed by atoms with Crippen molar-refractivity contribution in [1.29, 1.82) is 0 Å². The SMILES string of the molecule is NC(=O)N1C[CH]C(Oc2ccc(Cl)c(F)c2)C1. The number of ether oxygens (including phenoxy) is 1. The van der Waals surface area contributed by atoms with Gasteiger partial charge >= 0.3 is 6.03 Å². The summed E-state index contributed by atoms with van der Waals surface area (Å²) in [7, 11) is 0. The topological polar surface area (TPSA) is 55.6 Å². The van der Waals surface area contributed by atoms with Crippen molar-refractivity contribution >= 4 is 17.6 Å². The Labute approximate surface area is 103 Å². The zero-order chi connectivity index (χ0) is 12.4. The number of nitrogens with two attached hydrogens (primary N) is 1. The standard InChI is InChI=1S/C11H11ClFN2O2/c12-9-2-1-7(5-10(9)13)17-8-3-4-15(6-8)11(14)16/h1-3,5,8H,4,6H2,(H2,14,16). The zero-order valence-electron chi connectivity index (χ0n) is 8.90. The van der Waals surface area contributed by atoms with Gasteiger partial charge in [-0.1, -0.05) is 11.6 Å². The second kappa shape index (κ2) is 4.79. The molecule has 2 rings (SSSR count). The highest BCUT2D eigenvalue weighted by atomic mass is 35.5. The number of hydrogen-bond donors (Lipinski definition) is 1. The lowest BCUT2D eigenvalue weighted by molar-refractivity contribution is 0.198. The minimum Gasteiger partial charge on any atom is -0.488 e. The zero-order valence-corrected chi connectivity index (χ0v) is 9.65. The van der Waals surface area contributed by atoms with E-state index < -0.39 is 11.8 Å². The van der Waals surface area contributed by atoms with Crippen LogP contribution in [0, 0.1) is 12.2 Å². The summed E-state index contributed by atoms with van der Waals surface area (Å²) in [6.07, 6.45) is 1.53. The van der Waals surface area contributed by atoms with Gasteiger partial charge in [-0.15, -0.1) is 0 Å². The molecular weight excluding hydrogens is 247 g/mol. The summed E-state index contributed by atoms with van der Waals surface area (Å²) >= 11 is 5.55. The molecule has 1 atom stereocenters. The molecule has 1 aromatic rings. The van der Waals surface area contributed by atoms with Crippen LogP contribution in [-0.4, -0.2) is 30.1 Å². The molecule has 1 aromatic carbocycles. The molecule has 0 bridgehead atoms. The van der Waals surface area contributed by atoms with Gasteiger partial charge < -0.3 is 15.4 Å². The van der Waals surface area contributed by atoms with Crippen LogP contribution in [0.1, 0.15) is 0 Å².